The molecule has 0 aliphatic rings. The lowest BCUT2D eigenvalue weighted by atomic mass is 10.1. The molecule has 96 valence electrons. The molecule has 0 spiro atoms. The molecule has 0 fully saturated rings. The predicted molar refractivity (Wildman–Crippen MR) is 74.8 cm³/mol. The summed E-state index contributed by atoms with van der Waals surface area (Å²) in [4.78, 5) is 0. The minimum absolute atomic E-state index is 0.370. The summed E-state index contributed by atoms with van der Waals surface area (Å²) in [7, 11) is 0. The lowest BCUT2D eigenvalue weighted by Crippen LogP contribution is -2.08. The average molecular weight is 295 g/mol. The van der Waals surface area contributed by atoms with Gasteiger partial charge in [-0.05, 0) is 42.0 Å². The van der Waals surface area contributed by atoms with Crippen molar-refractivity contribution in [1.29, 1.82) is 5.26 Å². The van der Waals surface area contributed by atoms with E-state index in [0.29, 0.717) is 21.3 Å². The number of nitrogens with zero attached hydrogens (tertiary/aromatic N) is 1. The van der Waals surface area contributed by atoms with E-state index in [-0.39, 0.29) is 5.82 Å². The molecular formula is C14H9Cl2FN2. The second-order valence-corrected chi connectivity index (χ2v) is 4.79. The Balaban J connectivity index is 2.28. The summed E-state index contributed by atoms with van der Waals surface area (Å²) >= 11 is 11.8. The van der Waals surface area contributed by atoms with E-state index >= 15 is 0 Å². The molecule has 0 saturated heterocycles. The summed E-state index contributed by atoms with van der Waals surface area (Å²) in [5.41, 5.74) is 1.15. The van der Waals surface area contributed by atoms with Crippen molar-refractivity contribution >= 4 is 28.9 Å². The van der Waals surface area contributed by atoms with Gasteiger partial charge < -0.3 is 5.32 Å². The number of hydrogen-bond donors (Lipinski definition) is 1. The van der Waals surface area contributed by atoms with Crippen molar-refractivity contribution in [3.05, 3.63) is 63.9 Å². The van der Waals surface area contributed by atoms with Crippen LogP contribution in [-0.2, 0) is 0 Å². The quantitative estimate of drug-likeness (QED) is 0.882. The van der Waals surface area contributed by atoms with Crippen molar-refractivity contribution in [2.45, 2.75) is 6.04 Å². The van der Waals surface area contributed by atoms with Crippen LogP contribution in [-0.4, -0.2) is 0 Å². The number of hydrogen-bond acceptors (Lipinski definition) is 2. The Kier molecular flexibility index (Phi) is 4.26. The predicted octanol–water partition coefficient (Wildman–Crippen LogP) is 4.81. The molecule has 2 aromatic rings. The molecule has 0 amide bonds. The summed E-state index contributed by atoms with van der Waals surface area (Å²) in [5, 5.41) is 13.0. The van der Waals surface area contributed by atoms with E-state index in [2.05, 4.69) is 11.4 Å². The van der Waals surface area contributed by atoms with Gasteiger partial charge in [0.05, 0.1) is 6.07 Å². The van der Waals surface area contributed by atoms with Crippen molar-refractivity contribution in [1.82, 2.24) is 0 Å². The van der Waals surface area contributed by atoms with Gasteiger partial charge in [0.15, 0.2) is 0 Å². The third-order valence-electron chi connectivity index (χ3n) is 2.48. The molecule has 0 aliphatic heterocycles. The van der Waals surface area contributed by atoms with Crippen LogP contribution in [0.5, 0.6) is 0 Å². The lowest BCUT2D eigenvalue weighted by Gasteiger charge is -2.14. The van der Waals surface area contributed by atoms with E-state index in [9.17, 15) is 9.65 Å². The van der Waals surface area contributed by atoms with Crippen LogP contribution < -0.4 is 5.32 Å². The van der Waals surface area contributed by atoms with Crippen LogP contribution in [0.15, 0.2) is 42.5 Å². The molecule has 5 heteroatoms. The minimum atomic E-state index is -0.655. The third kappa shape index (κ3) is 3.60. The Morgan fingerprint density at radius 3 is 2.37 bits per heavy atom. The number of benzene rings is 2. The monoisotopic (exact) mass is 294 g/mol. The van der Waals surface area contributed by atoms with E-state index in [0.717, 1.165) is 0 Å². The maximum absolute atomic E-state index is 13.1. The van der Waals surface area contributed by atoms with Gasteiger partial charge in [0, 0.05) is 15.7 Å². The molecule has 1 unspecified atom stereocenters. The number of nitrogens with one attached hydrogen (secondary N) is 1. The van der Waals surface area contributed by atoms with Crippen LogP contribution in [0.2, 0.25) is 10.0 Å². The van der Waals surface area contributed by atoms with Crippen LogP contribution in [0.4, 0.5) is 10.1 Å². The van der Waals surface area contributed by atoms with Gasteiger partial charge in [-0.15, -0.1) is 0 Å². The molecule has 0 saturated carbocycles. The topological polar surface area (TPSA) is 35.8 Å². The molecule has 2 nitrogen and oxygen atoms in total. The molecule has 0 bridgehead atoms. The summed E-state index contributed by atoms with van der Waals surface area (Å²) in [6.45, 7) is 0. The third-order valence-corrected chi connectivity index (χ3v) is 2.92. The highest BCUT2D eigenvalue weighted by atomic mass is 35.5. The highest BCUT2D eigenvalue weighted by molar-refractivity contribution is 6.34. The first-order valence-electron chi connectivity index (χ1n) is 5.46. The fraction of sp³-hybridized carbons (Fsp3) is 0.0714. The number of rotatable bonds is 3. The van der Waals surface area contributed by atoms with E-state index in [4.69, 9.17) is 23.2 Å². The molecule has 19 heavy (non-hydrogen) atoms. The number of anilines is 1. The second-order valence-electron chi connectivity index (χ2n) is 3.92. The Morgan fingerprint density at radius 1 is 1.11 bits per heavy atom. The molecular weight excluding hydrogens is 286 g/mol. The Morgan fingerprint density at radius 2 is 1.79 bits per heavy atom. The SMILES string of the molecule is N#CC(Nc1cccc(F)c1)c1cc(Cl)cc(Cl)c1. The molecule has 0 heterocycles. The van der Waals surface area contributed by atoms with Gasteiger partial charge in [-0.2, -0.15) is 5.26 Å². The average Bonchev–Trinajstić information content (AvgIpc) is 2.34. The molecule has 1 N–H and O–H groups in total. The standard InChI is InChI=1S/C14H9Cl2FN2/c15-10-4-9(5-11(16)6-10)14(8-18)19-13-3-1-2-12(17)7-13/h1-7,14,19H. The summed E-state index contributed by atoms with van der Waals surface area (Å²) in [6.07, 6.45) is 0. The van der Waals surface area contributed by atoms with E-state index < -0.39 is 6.04 Å². The van der Waals surface area contributed by atoms with Gasteiger partial charge in [0.2, 0.25) is 0 Å². The van der Waals surface area contributed by atoms with Crippen LogP contribution >= 0.6 is 23.2 Å². The van der Waals surface area contributed by atoms with Crippen molar-refractivity contribution in [3.63, 3.8) is 0 Å². The first-order chi connectivity index (χ1) is 9.08. The largest absolute Gasteiger partial charge is 0.366 e. The Hall–Kier alpha value is -1.76. The Bertz CT molecular complexity index is 617. The summed E-state index contributed by atoms with van der Waals surface area (Å²) < 4.78 is 13.1. The zero-order valence-corrected chi connectivity index (χ0v) is 11.2. The van der Waals surface area contributed by atoms with Gasteiger partial charge in [-0.25, -0.2) is 4.39 Å². The van der Waals surface area contributed by atoms with E-state index in [1.54, 1.807) is 30.3 Å². The highest BCUT2D eigenvalue weighted by Gasteiger charge is 2.12. The van der Waals surface area contributed by atoms with Crippen LogP contribution in [0.25, 0.3) is 0 Å². The van der Waals surface area contributed by atoms with Crippen molar-refractivity contribution in [2.75, 3.05) is 5.32 Å². The summed E-state index contributed by atoms with van der Waals surface area (Å²) in [5.74, 6) is -0.370. The van der Waals surface area contributed by atoms with Crippen LogP contribution in [0, 0.1) is 17.1 Å². The molecule has 2 aromatic carbocycles. The first kappa shape index (κ1) is 13.7. The van der Waals surface area contributed by atoms with Gasteiger partial charge >= 0.3 is 0 Å². The van der Waals surface area contributed by atoms with Crippen LogP contribution in [0.3, 0.4) is 0 Å². The van der Waals surface area contributed by atoms with Crippen molar-refractivity contribution < 1.29 is 4.39 Å². The smallest absolute Gasteiger partial charge is 0.140 e. The maximum atomic E-state index is 13.1. The molecule has 0 aliphatic carbocycles. The zero-order valence-electron chi connectivity index (χ0n) is 9.70. The van der Waals surface area contributed by atoms with E-state index in [1.807, 2.05) is 0 Å². The zero-order chi connectivity index (χ0) is 13.8. The number of nitriles is 1. The van der Waals surface area contributed by atoms with Gasteiger partial charge in [-0.1, -0.05) is 29.3 Å². The minimum Gasteiger partial charge on any atom is -0.366 e. The van der Waals surface area contributed by atoms with Gasteiger partial charge in [0.1, 0.15) is 11.9 Å². The molecule has 0 radical (unpaired) electrons. The van der Waals surface area contributed by atoms with Gasteiger partial charge in [-0.3, -0.25) is 0 Å². The molecule has 0 aromatic heterocycles. The molecule has 1 atom stereocenters. The second kappa shape index (κ2) is 5.92. The van der Waals surface area contributed by atoms with Crippen molar-refractivity contribution in [3.8, 4) is 6.07 Å². The highest BCUT2D eigenvalue weighted by Crippen LogP contribution is 2.26. The first-order valence-corrected chi connectivity index (χ1v) is 6.22. The lowest BCUT2D eigenvalue weighted by molar-refractivity contribution is 0.628. The fourth-order valence-corrected chi connectivity index (χ4v) is 2.22. The van der Waals surface area contributed by atoms with Crippen molar-refractivity contribution in [2.24, 2.45) is 0 Å². The Labute approximate surface area is 120 Å². The summed E-state index contributed by atoms with van der Waals surface area (Å²) in [6, 6.07) is 12.2. The maximum Gasteiger partial charge on any atom is 0.140 e. The number of halogens is 3. The van der Waals surface area contributed by atoms with E-state index in [1.165, 1.54) is 12.1 Å². The van der Waals surface area contributed by atoms with Gasteiger partial charge in [0.25, 0.3) is 0 Å². The fourth-order valence-electron chi connectivity index (χ4n) is 1.68. The normalized spacial score (nSPS) is 11.7. The molecule has 2 rings (SSSR count). The van der Waals surface area contributed by atoms with Crippen LogP contribution in [0.1, 0.15) is 11.6 Å².